The van der Waals surface area contributed by atoms with Gasteiger partial charge in [0.25, 0.3) is 0 Å². The quantitative estimate of drug-likeness (QED) is 0.657. The molecule has 1 aliphatic heterocycles. The first-order valence-corrected chi connectivity index (χ1v) is 5.23. The molecule has 2 atom stereocenters. The van der Waals surface area contributed by atoms with Crippen LogP contribution in [0.15, 0.2) is 35.2 Å². The van der Waals surface area contributed by atoms with E-state index in [1.165, 1.54) is 0 Å². The summed E-state index contributed by atoms with van der Waals surface area (Å²) < 4.78 is 16.5. The van der Waals surface area contributed by atoms with Crippen LogP contribution in [0.5, 0.6) is 0 Å². The van der Waals surface area contributed by atoms with Crippen LogP contribution in [0.4, 0.5) is 0 Å². The van der Waals surface area contributed by atoms with Gasteiger partial charge < -0.3 is 4.74 Å². The van der Waals surface area contributed by atoms with Gasteiger partial charge in [0.1, 0.15) is 0 Å². The highest BCUT2D eigenvalue weighted by molar-refractivity contribution is 7.85. The first-order valence-electron chi connectivity index (χ1n) is 3.91. The molecule has 0 spiro atoms. The molecular weight excluding hydrogens is 172 g/mol. The molecular formula is C9H10O2S. The van der Waals surface area contributed by atoms with E-state index < -0.39 is 10.8 Å². The van der Waals surface area contributed by atoms with Gasteiger partial charge in [-0.15, -0.1) is 0 Å². The lowest BCUT2D eigenvalue weighted by molar-refractivity contribution is 0.425. The molecule has 1 saturated heterocycles. The van der Waals surface area contributed by atoms with Crippen LogP contribution < -0.4 is 0 Å². The maximum Gasteiger partial charge on any atom is 0.0928 e. The van der Waals surface area contributed by atoms with Crippen molar-refractivity contribution in [2.45, 2.75) is 11.0 Å². The van der Waals surface area contributed by atoms with Crippen LogP contribution in [0.1, 0.15) is 0 Å². The van der Waals surface area contributed by atoms with E-state index in [-0.39, 0.29) is 6.10 Å². The zero-order valence-corrected chi connectivity index (χ0v) is 7.42. The Morgan fingerprint density at radius 3 is 2.67 bits per heavy atom. The normalized spacial score (nSPS) is 23.5. The molecule has 1 fully saturated rings. The van der Waals surface area contributed by atoms with Crippen molar-refractivity contribution < 1.29 is 8.95 Å². The summed E-state index contributed by atoms with van der Waals surface area (Å²) in [7, 11) is -0.876. The second-order valence-corrected chi connectivity index (χ2v) is 4.28. The van der Waals surface area contributed by atoms with Gasteiger partial charge in [0.05, 0.1) is 29.3 Å². The summed E-state index contributed by atoms with van der Waals surface area (Å²) in [5, 5.41) is 0. The fourth-order valence-electron chi connectivity index (χ4n) is 1.00. The Morgan fingerprint density at radius 1 is 1.42 bits per heavy atom. The average molecular weight is 182 g/mol. The Hall–Kier alpha value is -0.670. The standard InChI is InChI=1S/C9H10O2S/c10-12(7-8-6-11-8)9-4-2-1-3-5-9/h1-5,8H,6-7H2/t8-,12?/m0/s1. The van der Waals surface area contributed by atoms with E-state index in [1.54, 1.807) is 0 Å². The summed E-state index contributed by atoms with van der Waals surface area (Å²) in [4.78, 5) is 0.896. The number of hydrogen-bond acceptors (Lipinski definition) is 2. The lowest BCUT2D eigenvalue weighted by Gasteiger charge is -1.97. The molecule has 12 heavy (non-hydrogen) atoms. The molecule has 1 aromatic carbocycles. The van der Waals surface area contributed by atoms with Gasteiger partial charge >= 0.3 is 0 Å². The molecule has 2 rings (SSSR count). The number of rotatable bonds is 3. The molecule has 0 saturated carbocycles. The van der Waals surface area contributed by atoms with Crippen LogP contribution >= 0.6 is 0 Å². The Kier molecular flexibility index (Phi) is 2.23. The average Bonchev–Trinajstić information content (AvgIpc) is 2.90. The second-order valence-electron chi connectivity index (χ2n) is 2.78. The van der Waals surface area contributed by atoms with Crippen molar-refractivity contribution in [3.05, 3.63) is 30.3 Å². The summed E-state index contributed by atoms with van der Waals surface area (Å²) in [6.07, 6.45) is 0.242. The molecule has 1 unspecified atom stereocenters. The zero-order chi connectivity index (χ0) is 8.39. The fraction of sp³-hybridized carbons (Fsp3) is 0.333. The lowest BCUT2D eigenvalue weighted by atomic mass is 10.4. The first kappa shape index (κ1) is 7.95. The molecule has 64 valence electrons. The molecule has 1 aromatic rings. The predicted octanol–water partition coefficient (Wildman–Crippen LogP) is 1.19. The minimum absolute atomic E-state index is 0.242. The molecule has 0 N–H and O–H groups in total. The number of epoxide rings is 1. The largest absolute Gasteiger partial charge is 0.372 e. The molecule has 0 bridgehead atoms. The molecule has 2 nitrogen and oxygen atoms in total. The molecule has 3 heteroatoms. The van der Waals surface area contributed by atoms with Gasteiger partial charge in [-0.05, 0) is 12.1 Å². The maximum absolute atomic E-state index is 11.5. The van der Waals surface area contributed by atoms with E-state index >= 15 is 0 Å². The van der Waals surface area contributed by atoms with Crippen molar-refractivity contribution in [1.82, 2.24) is 0 Å². The van der Waals surface area contributed by atoms with Crippen molar-refractivity contribution in [2.75, 3.05) is 12.4 Å². The van der Waals surface area contributed by atoms with Crippen molar-refractivity contribution in [2.24, 2.45) is 0 Å². The fourth-order valence-corrected chi connectivity index (χ4v) is 2.18. The van der Waals surface area contributed by atoms with E-state index in [9.17, 15) is 4.21 Å². The van der Waals surface area contributed by atoms with Crippen LogP contribution in [0.25, 0.3) is 0 Å². The first-order chi connectivity index (χ1) is 5.86. The zero-order valence-electron chi connectivity index (χ0n) is 6.60. The molecule has 1 heterocycles. The number of ether oxygens (including phenoxy) is 1. The smallest absolute Gasteiger partial charge is 0.0928 e. The Morgan fingerprint density at radius 2 is 2.08 bits per heavy atom. The predicted molar refractivity (Wildman–Crippen MR) is 47.5 cm³/mol. The SMILES string of the molecule is O=S(C[C@@H]1CO1)c1ccccc1. The minimum atomic E-state index is -0.876. The summed E-state index contributed by atoms with van der Waals surface area (Å²) in [5.74, 6) is 0.643. The monoisotopic (exact) mass is 182 g/mol. The Balaban J connectivity index is 2.03. The van der Waals surface area contributed by atoms with Crippen LogP contribution in [-0.2, 0) is 15.5 Å². The van der Waals surface area contributed by atoms with Crippen molar-refractivity contribution in [3.8, 4) is 0 Å². The highest BCUT2D eigenvalue weighted by Gasteiger charge is 2.25. The van der Waals surface area contributed by atoms with Gasteiger partial charge in [0.2, 0.25) is 0 Å². The molecule has 0 aromatic heterocycles. The second kappa shape index (κ2) is 3.37. The van der Waals surface area contributed by atoms with E-state index in [1.807, 2.05) is 30.3 Å². The molecule has 0 radical (unpaired) electrons. The summed E-state index contributed by atoms with van der Waals surface area (Å²) in [5.41, 5.74) is 0. The van der Waals surface area contributed by atoms with Crippen molar-refractivity contribution >= 4 is 10.8 Å². The third kappa shape index (κ3) is 1.93. The van der Waals surface area contributed by atoms with E-state index in [0.29, 0.717) is 5.75 Å². The van der Waals surface area contributed by atoms with Gasteiger partial charge in [-0.2, -0.15) is 0 Å². The van der Waals surface area contributed by atoms with E-state index in [4.69, 9.17) is 4.74 Å². The van der Waals surface area contributed by atoms with Crippen LogP contribution in [0, 0.1) is 0 Å². The maximum atomic E-state index is 11.5. The van der Waals surface area contributed by atoms with Crippen LogP contribution in [-0.4, -0.2) is 22.7 Å². The van der Waals surface area contributed by atoms with Crippen molar-refractivity contribution in [1.29, 1.82) is 0 Å². The van der Waals surface area contributed by atoms with Gasteiger partial charge in [-0.3, -0.25) is 4.21 Å². The molecule has 0 amide bonds. The minimum Gasteiger partial charge on any atom is -0.372 e. The molecule has 0 aliphatic carbocycles. The van der Waals surface area contributed by atoms with Gasteiger partial charge in [-0.1, -0.05) is 18.2 Å². The Bertz CT molecular complexity index is 280. The van der Waals surface area contributed by atoms with Gasteiger partial charge in [0, 0.05) is 4.90 Å². The van der Waals surface area contributed by atoms with E-state index in [2.05, 4.69) is 0 Å². The highest BCUT2D eigenvalue weighted by atomic mass is 32.2. The van der Waals surface area contributed by atoms with Crippen LogP contribution in [0.2, 0.25) is 0 Å². The number of hydrogen-bond donors (Lipinski definition) is 0. The van der Waals surface area contributed by atoms with Crippen molar-refractivity contribution in [3.63, 3.8) is 0 Å². The lowest BCUT2D eigenvalue weighted by Crippen LogP contribution is -2.03. The van der Waals surface area contributed by atoms with Gasteiger partial charge in [0.15, 0.2) is 0 Å². The summed E-state index contributed by atoms with van der Waals surface area (Å²) >= 11 is 0. The third-order valence-corrected chi connectivity index (χ3v) is 3.22. The summed E-state index contributed by atoms with van der Waals surface area (Å²) in [6.45, 7) is 0.776. The molecule has 1 aliphatic rings. The number of benzene rings is 1. The third-order valence-electron chi connectivity index (χ3n) is 1.75. The van der Waals surface area contributed by atoms with Crippen LogP contribution in [0.3, 0.4) is 0 Å². The van der Waals surface area contributed by atoms with Gasteiger partial charge in [-0.25, -0.2) is 0 Å². The highest BCUT2D eigenvalue weighted by Crippen LogP contribution is 2.14. The Labute approximate surface area is 74.0 Å². The summed E-state index contributed by atoms with van der Waals surface area (Å²) in [6, 6.07) is 9.51. The van der Waals surface area contributed by atoms with E-state index in [0.717, 1.165) is 11.5 Å². The topological polar surface area (TPSA) is 29.6 Å².